The van der Waals surface area contributed by atoms with Crippen LogP contribution in [0.3, 0.4) is 0 Å². The highest BCUT2D eigenvalue weighted by atomic mass is 16.5. The lowest BCUT2D eigenvalue weighted by Gasteiger charge is -2.55. The maximum absolute atomic E-state index is 8.97. The summed E-state index contributed by atoms with van der Waals surface area (Å²) >= 11 is 0. The van der Waals surface area contributed by atoms with E-state index < -0.39 is 0 Å². The van der Waals surface area contributed by atoms with Crippen LogP contribution in [0.1, 0.15) is 39.7 Å². The van der Waals surface area contributed by atoms with E-state index >= 15 is 0 Å². The Morgan fingerprint density at radius 3 is 2.15 bits per heavy atom. The summed E-state index contributed by atoms with van der Waals surface area (Å²) in [6, 6.07) is 6.69. The molecule has 0 radical (unpaired) electrons. The van der Waals surface area contributed by atoms with Crippen LogP contribution in [0.15, 0.2) is 18.2 Å². The fraction of sp³-hybridized carbons (Fsp3) is 0.562. The quantitative estimate of drug-likeness (QED) is 0.826. The second kappa shape index (κ2) is 5.72. The molecule has 20 heavy (non-hydrogen) atoms. The molecule has 4 nitrogen and oxygen atoms in total. The van der Waals surface area contributed by atoms with Crippen molar-refractivity contribution in [2.24, 2.45) is 16.6 Å². The first-order valence-electron chi connectivity index (χ1n) is 6.67. The van der Waals surface area contributed by atoms with Crippen LogP contribution in [0.2, 0.25) is 0 Å². The third kappa shape index (κ3) is 3.43. The molecule has 0 heterocycles. The minimum Gasteiger partial charge on any atom is -0.508 e. The number of nitriles is 1. The average molecular weight is 276 g/mol. The largest absolute Gasteiger partial charge is 0.508 e. The van der Waals surface area contributed by atoms with Crippen molar-refractivity contribution < 1.29 is 9.84 Å². The molecule has 1 saturated carbocycles. The number of phenolic OH excluding ortho intramolecular Hbond substituents is 1. The van der Waals surface area contributed by atoms with E-state index in [9.17, 15) is 0 Å². The highest BCUT2D eigenvalue weighted by molar-refractivity contribution is 5.46. The van der Waals surface area contributed by atoms with Crippen LogP contribution in [-0.4, -0.2) is 18.3 Å². The first-order valence-corrected chi connectivity index (χ1v) is 6.67. The van der Waals surface area contributed by atoms with Crippen molar-refractivity contribution in [1.29, 1.82) is 5.26 Å². The average Bonchev–Trinajstić information content (AvgIpc) is 2.37. The molecule has 1 aliphatic rings. The van der Waals surface area contributed by atoms with Crippen molar-refractivity contribution in [2.45, 2.75) is 40.2 Å². The summed E-state index contributed by atoms with van der Waals surface area (Å²) in [5.74, 6) is 0.494. The zero-order valence-electron chi connectivity index (χ0n) is 12.9. The van der Waals surface area contributed by atoms with Crippen molar-refractivity contribution in [2.75, 3.05) is 7.11 Å². The van der Waals surface area contributed by atoms with Crippen LogP contribution < -0.4 is 10.5 Å². The Kier molecular flexibility index (Phi) is 4.67. The maximum Gasteiger partial charge on any atom is 0.140 e. The molecule has 1 aliphatic carbocycles. The lowest BCUT2D eigenvalue weighted by Crippen LogP contribution is -2.60. The SMILES string of the molecule is CC1(C)CC(C)(C)C1N.COc1cc(O)ccc1C#N. The fourth-order valence-corrected chi connectivity index (χ4v) is 3.09. The van der Waals surface area contributed by atoms with Gasteiger partial charge in [-0.25, -0.2) is 0 Å². The van der Waals surface area contributed by atoms with Gasteiger partial charge in [0.15, 0.2) is 0 Å². The van der Waals surface area contributed by atoms with Gasteiger partial charge < -0.3 is 15.6 Å². The minimum absolute atomic E-state index is 0.0980. The molecule has 1 fully saturated rings. The summed E-state index contributed by atoms with van der Waals surface area (Å²) in [6.45, 7) is 8.96. The van der Waals surface area contributed by atoms with E-state index in [0.717, 1.165) is 0 Å². The molecule has 0 aliphatic heterocycles. The number of nitrogens with zero attached hydrogens (tertiary/aromatic N) is 1. The predicted octanol–water partition coefficient (Wildman–Crippen LogP) is 3.04. The molecular weight excluding hydrogens is 252 g/mol. The smallest absolute Gasteiger partial charge is 0.140 e. The van der Waals surface area contributed by atoms with E-state index in [4.69, 9.17) is 20.8 Å². The molecule has 0 spiro atoms. The van der Waals surface area contributed by atoms with Crippen molar-refractivity contribution in [3.63, 3.8) is 0 Å². The van der Waals surface area contributed by atoms with Gasteiger partial charge in [0.2, 0.25) is 0 Å². The van der Waals surface area contributed by atoms with Crippen LogP contribution in [0.5, 0.6) is 11.5 Å². The lowest BCUT2D eigenvalue weighted by molar-refractivity contribution is -0.0169. The van der Waals surface area contributed by atoms with Crippen LogP contribution >= 0.6 is 0 Å². The monoisotopic (exact) mass is 276 g/mol. The summed E-state index contributed by atoms with van der Waals surface area (Å²) in [6.07, 6.45) is 1.27. The van der Waals surface area contributed by atoms with Gasteiger partial charge in [-0.1, -0.05) is 27.7 Å². The third-order valence-corrected chi connectivity index (χ3v) is 3.90. The topological polar surface area (TPSA) is 79.3 Å². The molecule has 0 aromatic heterocycles. The van der Waals surface area contributed by atoms with Crippen LogP contribution in [0.4, 0.5) is 0 Å². The van der Waals surface area contributed by atoms with Gasteiger partial charge in [-0.15, -0.1) is 0 Å². The number of methoxy groups -OCH3 is 1. The molecule has 0 saturated heterocycles. The van der Waals surface area contributed by atoms with Crippen LogP contribution in [-0.2, 0) is 0 Å². The highest BCUT2D eigenvalue weighted by Gasteiger charge is 2.50. The zero-order valence-corrected chi connectivity index (χ0v) is 12.9. The molecule has 2 rings (SSSR count). The fourth-order valence-electron chi connectivity index (χ4n) is 3.09. The Balaban J connectivity index is 0.000000204. The number of rotatable bonds is 1. The van der Waals surface area contributed by atoms with Crippen LogP contribution in [0.25, 0.3) is 0 Å². The van der Waals surface area contributed by atoms with Crippen molar-refractivity contribution >= 4 is 0 Å². The Bertz CT molecular complexity index is 502. The number of aromatic hydroxyl groups is 1. The number of benzene rings is 1. The third-order valence-electron chi connectivity index (χ3n) is 3.90. The summed E-state index contributed by atoms with van der Waals surface area (Å²) in [5.41, 5.74) is 7.14. The standard InChI is InChI=1S/C8H7NO2.C8H17N/c1-11-8-4-7(10)3-2-6(8)5-9;1-7(2)5-8(3,4)6(7)9/h2-4,10H,1H3;6H,5,9H2,1-4H3. The number of ether oxygens (including phenoxy) is 1. The Morgan fingerprint density at radius 1 is 1.30 bits per heavy atom. The molecule has 1 aromatic rings. The zero-order chi connectivity index (χ0) is 15.6. The first kappa shape index (κ1) is 16.3. The maximum atomic E-state index is 8.97. The Morgan fingerprint density at radius 2 is 1.85 bits per heavy atom. The molecular formula is C16H24N2O2. The van der Waals surface area contributed by atoms with Crippen molar-refractivity contribution in [3.05, 3.63) is 23.8 Å². The van der Waals surface area contributed by atoms with Gasteiger partial charge in [-0.05, 0) is 29.4 Å². The van der Waals surface area contributed by atoms with Gasteiger partial charge in [0.25, 0.3) is 0 Å². The first-order chi connectivity index (χ1) is 9.14. The van der Waals surface area contributed by atoms with E-state index in [1.165, 1.54) is 31.7 Å². The number of phenols is 1. The second-order valence-corrected chi connectivity index (χ2v) is 6.63. The van der Waals surface area contributed by atoms with Crippen molar-refractivity contribution in [1.82, 2.24) is 0 Å². The van der Waals surface area contributed by atoms with Gasteiger partial charge in [-0.3, -0.25) is 0 Å². The van der Waals surface area contributed by atoms with Crippen molar-refractivity contribution in [3.8, 4) is 17.6 Å². The minimum atomic E-state index is 0.0980. The predicted molar refractivity (Wildman–Crippen MR) is 79.5 cm³/mol. The molecule has 0 bridgehead atoms. The number of hydrogen-bond donors (Lipinski definition) is 2. The molecule has 4 heteroatoms. The van der Waals surface area contributed by atoms with Gasteiger partial charge in [0, 0.05) is 12.1 Å². The Hall–Kier alpha value is -1.73. The van der Waals surface area contributed by atoms with E-state index in [1.54, 1.807) is 0 Å². The Labute approximate surface area is 121 Å². The van der Waals surface area contributed by atoms with Crippen LogP contribution in [0, 0.1) is 22.2 Å². The highest BCUT2D eigenvalue weighted by Crippen LogP contribution is 2.52. The summed E-state index contributed by atoms with van der Waals surface area (Å²) in [4.78, 5) is 0. The summed E-state index contributed by atoms with van der Waals surface area (Å²) < 4.78 is 4.83. The normalized spacial score (nSPS) is 19.1. The molecule has 3 N–H and O–H groups in total. The molecule has 110 valence electrons. The second-order valence-electron chi connectivity index (χ2n) is 6.63. The van der Waals surface area contributed by atoms with E-state index in [0.29, 0.717) is 28.2 Å². The van der Waals surface area contributed by atoms with E-state index in [2.05, 4.69) is 27.7 Å². The summed E-state index contributed by atoms with van der Waals surface area (Å²) in [5, 5.41) is 17.5. The lowest BCUT2D eigenvalue weighted by atomic mass is 9.52. The van der Waals surface area contributed by atoms with E-state index in [1.807, 2.05) is 6.07 Å². The molecule has 0 unspecified atom stereocenters. The summed E-state index contributed by atoms with van der Waals surface area (Å²) in [7, 11) is 1.45. The van der Waals surface area contributed by atoms with Gasteiger partial charge in [0.05, 0.1) is 12.7 Å². The molecule has 0 atom stereocenters. The van der Waals surface area contributed by atoms with Gasteiger partial charge >= 0.3 is 0 Å². The molecule has 1 aromatic carbocycles. The molecule has 0 amide bonds. The number of nitrogens with two attached hydrogens (primary N) is 1. The number of hydrogen-bond acceptors (Lipinski definition) is 4. The van der Waals surface area contributed by atoms with E-state index in [-0.39, 0.29) is 5.75 Å². The van der Waals surface area contributed by atoms with Gasteiger partial charge in [-0.2, -0.15) is 5.26 Å². The van der Waals surface area contributed by atoms with Gasteiger partial charge in [0.1, 0.15) is 17.6 Å².